The van der Waals surface area contributed by atoms with Crippen LogP contribution in [0.15, 0.2) is 36.4 Å². The number of methoxy groups -OCH3 is 2. The van der Waals surface area contributed by atoms with Crippen molar-refractivity contribution in [3.8, 4) is 17.2 Å². The summed E-state index contributed by atoms with van der Waals surface area (Å²) in [4.78, 5) is 25.1. The summed E-state index contributed by atoms with van der Waals surface area (Å²) in [6, 6.07) is 12.2. The molecule has 0 aliphatic carbocycles. The highest BCUT2D eigenvalue weighted by atomic mass is 16.5. The third-order valence-corrected chi connectivity index (χ3v) is 7.36. The first kappa shape index (κ1) is 24.1. The molecule has 0 saturated carbocycles. The van der Waals surface area contributed by atoms with E-state index in [0.717, 1.165) is 55.3 Å². The van der Waals surface area contributed by atoms with E-state index in [1.54, 1.807) is 26.4 Å². The van der Waals surface area contributed by atoms with E-state index in [-0.39, 0.29) is 5.78 Å². The highest BCUT2D eigenvalue weighted by Gasteiger charge is 2.44. The molecule has 188 valence electrons. The molecular weight excluding hydrogens is 454 g/mol. The lowest BCUT2D eigenvalue weighted by Crippen LogP contribution is -2.51. The number of hydrogen-bond donors (Lipinski definition) is 0. The first-order valence-corrected chi connectivity index (χ1v) is 12.4. The Bertz CT molecular complexity index is 1290. The average Bonchev–Trinajstić information content (AvgIpc) is 2.86. The molecule has 1 fully saturated rings. The van der Waals surface area contributed by atoms with E-state index in [9.17, 15) is 4.79 Å². The molecule has 0 N–H and O–H groups in total. The fourth-order valence-corrected chi connectivity index (χ4v) is 5.35. The van der Waals surface area contributed by atoms with Gasteiger partial charge in [-0.2, -0.15) is 0 Å². The number of anilines is 1. The molecule has 7 heteroatoms. The molecule has 0 unspecified atom stereocenters. The molecule has 36 heavy (non-hydrogen) atoms. The second kappa shape index (κ2) is 9.45. The summed E-state index contributed by atoms with van der Waals surface area (Å²) in [7, 11) is 3.16. The minimum absolute atomic E-state index is 0.0537. The Morgan fingerprint density at radius 3 is 2.39 bits per heavy atom. The van der Waals surface area contributed by atoms with E-state index < -0.39 is 5.60 Å². The van der Waals surface area contributed by atoms with E-state index in [1.807, 2.05) is 6.92 Å². The quantitative estimate of drug-likeness (QED) is 0.501. The molecular formula is C29H33N3O4. The van der Waals surface area contributed by atoms with Gasteiger partial charge in [0.2, 0.25) is 0 Å². The van der Waals surface area contributed by atoms with Crippen molar-refractivity contribution in [2.24, 2.45) is 0 Å². The van der Waals surface area contributed by atoms with Crippen molar-refractivity contribution < 1.29 is 19.0 Å². The Hall–Kier alpha value is -3.61. The molecule has 7 nitrogen and oxygen atoms in total. The Balaban J connectivity index is 1.40. The third kappa shape index (κ3) is 4.50. The van der Waals surface area contributed by atoms with Gasteiger partial charge in [-0.25, -0.2) is 9.97 Å². The van der Waals surface area contributed by atoms with E-state index in [0.29, 0.717) is 29.2 Å². The van der Waals surface area contributed by atoms with Gasteiger partial charge in [-0.05, 0) is 26.3 Å². The molecule has 1 aromatic heterocycles. The van der Waals surface area contributed by atoms with Gasteiger partial charge in [-0.15, -0.1) is 0 Å². The number of carbonyl (C=O) groups is 1. The molecule has 0 amide bonds. The molecule has 5 rings (SSSR count). The van der Waals surface area contributed by atoms with Gasteiger partial charge in [0, 0.05) is 55.7 Å². The van der Waals surface area contributed by atoms with Gasteiger partial charge in [0.1, 0.15) is 40.1 Å². The number of Topliss-reactive ketones (excluding diaryl/α,β-unsaturated/α-hetero) is 1. The Morgan fingerprint density at radius 1 is 1.00 bits per heavy atom. The van der Waals surface area contributed by atoms with Crippen LogP contribution in [0.1, 0.15) is 57.8 Å². The number of piperidine rings is 1. The van der Waals surface area contributed by atoms with E-state index in [2.05, 4.69) is 48.0 Å². The SMILES string of the molecule is COc1cc(OC)c2c(c1)OC1(CCN(c3nc(C)nc(C)c3Cc3ccc(C)cc3)CC1)CC2=O. The zero-order valence-corrected chi connectivity index (χ0v) is 21.7. The molecule has 3 heterocycles. The zero-order valence-electron chi connectivity index (χ0n) is 21.7. The second-order valence-electron chi connectivity index (χ2n) is 9.90. The minimum Gasteiger partial charge on any atom is -0.496 e. The molecule has 2 aromatic carbocycles. The summed E-state index contributed by atoms with van der Waals surface area (Å²) in [6.45, 7) is 7.61. The normalized spacial score (nSPS) is 16.5. The first-order chi connectivity index (χ1) is 17.3. The smallest absolute Gasteiger partial charge is 0.174 e. The lowest BCUT2D eigenvalue weighted by Gasteiger charge is -2.44. The van der Waals surface area contributed by atoms with Gasteiger partial charge >= 0.3 is 0 Å². The van der Waals surface area contributed by atoms with Crippen molar-refractivity contribution in [1.29, 1.82) is 0 Å². The van der Waals surface area contributed by atoms with Gasteiger partial charge in [0.05, 0.1) is 20.6 Å². The van der Waals surface area contributed by atoms with E-state index >= 15 is 0 Å². The number of aromatic nitrogens is 2. The number of hydrogen-bond acceptors (Lipinski definition) is 7. The Labute approximate surface area is 212 Å². The lowest BCUT2D eigenvalue weighted by atomic mass is 9.82. The van der Waals surface area contributed by atoms with Crippen LogP contribution < -0.4 is 19.1 Å². The van der Waals surface area contributed by atoms with Crippen LogP contribution in [0.2, 0.25) is 0 Å². The standard InChI is InChI=1S/C29H33N3O4/c1-18-6-8-21(9-7-18)14-23-19(2)30-20(3)31-28(23)32-12-10-29(11-13-32)17-24(33)27-25(35-5)15-22(34-4)16-26(27)36-29/h6-9,15-16H,10-14,17H2,1-5H3. The van der Waals surface area contributed by atoms with Gasteiger partial charge in [0.15, 0.2) is 5.78 Å². The molecule has 0 atom stereocenters. The third-order valence-electron chi connectivity index (χ3n) is 7.36. The number of nitrogens with zero attached hydrogens (tertiary/aromatic N) is 3. The number of ketones is 1. The summed E-state index contributed by atoms with van der Waals surface area (Å²) in [5.41, 5.74) is 4.62. The van der Waals surface area contributed by atoms with Crippen LogP contribution in [0, 0.1) is 20.8 Å². The van der Waals surface area contributed by atoms with Crippen molar-refractivity contribution in [3.05, 3.63) is 70.2 Å². The monoisotopic (exact) mass is 487 g/mol. The summed E-state index contributed by atoms with van der Waals surface area (Å²) < 4.78 is 17.4. The van der Waals surface area contributed by atoms with Crippen LogP contribution in [0.4, 0.5) is 5.82 Å². The van der Waals surface area contributed by atoms with Crippen molar-refractivity contribution in [2.75, 3.05) is 32.2 Å². The maximum Gasteiger partial charge on any atom is 0.174 e. The van der Waals surface area contributed by atoms with Gasteiger partial charge in [-0.3, -0.25) is 4.79 Å². The number of benzene rings is 2. The maximum absolute atomic E-state index is 13.2. The summed E-state index contributed by atoms with van der Waals surface area (Å²) in [5, 5.41) is 0. The highest BCUT2D eigenvalue weighted by molar-refractivity contribution is 6.03. The topological polar surface area (TPSA) is 73.8 Å². The largest absolute Gasteiger partial charge is 0.496 e. The molecule has 0 bridgehead atoms. The fourth-order valence-electron chi connectivity index (χ4n) is 5.35. The molecule has 1 saturated heterocycles. The van der Waals surface area contributed by atoms with Crippen LogP contribution >= 0.6 is 0 Å². The maximum atomic E-state index is 13.2. The van der Waals surface area contributed by atoms with Gasteiger partial charge < -0.3 is 19.1 Å². The Kier molecular flexibility index (Phi) is 6.33. The molecule has 2 aliphatic rings. The lowest BCUT2D eigenvalue weighted by molar-refractivity contribution is 0.0224. The van der Waals surface area contributed by atoms with Crippen LogP contribution in [0.25, 0.3) is 0 Å². The van der Waals surface area contributed by atoms with E-state index in [1.165, 1.54) is 11.1 Å². The molecule has 1 spiro atoms. The molecule has 0 radical (unpaired) electrons. The van der Waals surface area contributed by atoms with E-state index in [4.69, 9.17) is 19.2 Å². The molecule has 3 aromatic rings. The minimum atomic E-state index is -0.536. The number of carbonyl (C=O) groups excluding carboxylic acids is 1. The second-order valence-corrected chi connectivity index (χ2v) is 9.90. The Morgan fingerprint density at radius 2 is 1.72 bits per heavy atom. The van der Waals surface area contributed by atoms with Crippen LogP contribution in [-0.4, -0.2) is 48.7 Å². The average molecular weight is 488 g/mol. The summed E-state index contributed by atoms with van der Waals surface area (Å²) in [5.74, 6) is 3.46. The fraction of sp³-hybridized carbons (Fsp3) is 0.414. The predicted molar refractivity (Wildman–Crippen MR) is 139 cm³/mol. The highest BCUT2D eigenvalue weighted by Crippen LogP contribution is 2.45. The van der Waals surface area contributed by atoms with Gasteiger partial charge in [-0.1, -0.05) is 29.8 Å². The van der Waals surface area contributed by atoms with Crippen molar-refractivity contribution in [3.63, 3.8) is 0 Å². The van der Waals surface area contributed by atoms with Crippen LogP contribution in [0.5, 0.6) is 17.2 Å². The van der Waals surface area contributed by atoms with Crippen molar-refractivity contribution >= 4 is 11.6 Å². The summed E-state index contributed by atoms with van der Waals surface area (Å²) >= 11 is 0. The number of rotatable bonds is 5. The summed E-state index contributed by atoms with van der Waals surface area (Å²) in [6.07, 6.45) is 2.58. The van der Waals surface area contributed by atoms with Crippen molar-refractivity contribution in [2.45, 2.75) is 52.1 Å². The first-order valence-electron chi connectivity index (χ1n) is 12.4. The number of aryl methyl sites for hydroxylation is 3. The van der Waals surface area contributed by atoms with Gasteiger partial charge in [0.25, 0.3) is 0 Å². The van der Waals surface area contributed by atoms with Crippen LogP contribution in [-0.2, 0) is 6.42 Å². The zero-order chi connectivity index (χ0) is 25.4. The number of ether oxygens (including phenoxy) is 3. The molecule has 2 aliphatic heterocycles. The van der Waals surface area contributed by atoms with Crippen LogP contribution in [0.3, 0.4) is 0 Å². The predicted octanol–water partition coefficient (Wildman–Crippen LogP) is 5.01. The number of fused-ring (bicyclic) bond motifs is 1. The van der Waals surface area contributed by atoms with Crippen molar-refractivity contribution in [1.82, 2.24) is 9.97 Å².